The number of carboxylic acids is 1. The number of aliphatic carboxylic acids is 1. The number of hydrogen-bond donors (Lipinski definition) is 3. The first-order valence-corrected chi connectivity index (χ1v) is 14.4. The smallest absolute Gasteiger partial charge is 0.414 e. The number of sulfone groups is 1. The van der Waals surface area contributed by atoms with E-state index in [4.69, 9.17) is 4.74 Å². The number of rotatable bonds is 13. The number of carboxylic acid groups (broad SMARTS) is 1. The van der Waals surface area contributed by atoms with Crippen molar-refractivity contribution in [3.05, 3.63) is 66.1 Å². The van der Waals surface area contributed by atoms with Crippen molar-refractivity contribution in [3.8, 4) is 5.75 Å². The molecule has 228 valence electrons. The molecule has 0 spiro atoms. The summed E-state index contributed by atoms with van der Waals surface area (Å²) in [6.45, 7) is 5.02. The predicted molar refractivity (Wildman–Crippen MR) is 160 cm³/mol. The van der Waals surface area contributed by atoms with Gasteiger partial charge in [-0.1, -0.05) is 12.1 Å². The first kappa shape index (κ1) is 34.0. The van der Waals surface area contributed by atoms with Crippen molar-refractivity contribution >= 4 is 51.8 Å². The third-order valence-electron chi connectivity index (χ3n) is 5.99. The van der Waals surface area contributed by atoms with Crippen LogP contribution in [0.5, 0.6) is 5.75 Å². The molecule has 0 aliphatic rings. The Morgan fingerprint density at radius 1 is 1.05 bits per heavy atom. The average molecular weight is 625 g/mol. The monoisotopic (exact) mass is 624 g/mol. The van der Waals surface area contributed by atoms with Gasteiger partial charge in [0.2, 0.25) is 5.95 Å². The normalized spacial score (nSPS) is 11.5. The molecular weight excluding hydrogens is 591 g/mol. The Morgan fingerprint density at radius 2 is 1.67 bits per heavy atom. The third kappa shape index (κ3) is 9.17. The van der Waals surface area contributed by atoms with Crippen molar-refractivity contribution in [2.75, 3.05) is 48.6 Å². The first-order valence-electron chi connectivity index (χ1n) is 12.7. The van der Waals surface area contributed by atoms with Gasteiger partial charge in [-0.2, -0.15) is 4.98 Å². The minimum atomic E-state index is -3.87. The fourth-order valence-electron chi connectivity index (χ4n) is 3.66. The molecule has 12 nitrogen and oxygen atoms in total. The number of ether oxygens (including phenoxy) is 1. The largest absolute Gasteiger partial charge is 0.480 e. The predicted octanol–water partition coefficient (Wildman–Crippen LogP) is 3.90. The maximum atomic E-state index is 13.3. The number of carbonyl (C=O) groups excluding carboxylic acids is 1. The summed E-state index contributed by atoms with van der Waals surface area (Å²) in [4.78, 5) is 35.9. The lowest BCUT2D eigenvalue weighted by Gasteiger charge is -2.22. The van der Waals surface area contributed by atoms with Crippen molar-refractivity contribution in [3.63, 3.8) is 0 Å². The average Bonchev–Trinajstić information content (AvgIpc) is 2.94. The summed E-state index contributed by atoms with van der Waals surface area (Å²) in [5, 5.41) is 15.7. The third-order valence-corrected chi connectivity index (χ3v) is 7.51. The molecule has 3 aromatic rings. The van der Waals surface area contributed by atoms with Crippen LogP contribution in [-0.2, 0) is 21.1 Å². The van der Waals surface area contributed by atoms with Crippen LogP contribution < -0.4 is 20.3 Å². The van der Waals surface area contributed by atoms with Gasteiger partial charge < -0.3 is 30.3 Å². The lowest BCUT2D eigenvalue weighted by Crippen LogP contribution is -2.33. The second-order valence-corrected chi connectivity index (χ2v) is 11.1. The summed E-state index contributed by atoms with van der Waals surface area (Å²) >= 11 is 0. The Kier molecular flexibility index (Phi) is 12.3. The van der Waals surface area contributed by atoms with Gasteiger partial charge >= 0.3 is 12.1 Å². The number of benzene rings is 2. The number of nitrogens with one attached hydrogen (secondary N) is 2. The summed E-state index contributed by atoms with van der Waals surface area (Å²) in [5.41, 5.74) is 0.810. The summed E-state index contributed by atoms with van der Waals surface area (Å²) < 4.78 is 44.1. The highest BCUT2D eigenvalue weighted by atomic mass is 35.5. The van der Waals surface area contributed by atoms with E-state index in [0.717, 1.165) is 12.1 Å². The van der Waals surface area contributed by atoms with E-state index in [-0.39, 0.29) is 35.2 Å². The molecule has 0 saturated carbocycles. The Bertz CT molecular complexity index is 1450. The highest BCUT2D eigenvalue weighted by Crippen LogP contribution is 2.25. The molecule has 3 rings (SSSR count). The van der Waals surface area contributed by atoms with E-state index in [0.29, 0.717) is 30.4 Å². The molecule has 0 bridgehead atoms. The number of nitrogens with zero attached hydrogens (tertiary/aromatic N) is 4. The molecule has 1 aromatic heterocycles. The molecule has 1 unspecified atom stereocenters. The Morgan fingerprint density at radius 3 is 2.21 bits per heavy atom. The molecule has 1 atom stereocenters. The quantitative estimate of drug-likeness (QED) is 0.237. The summed E-state index contributed by atoms with van der Waals surface area (Å²) in [6.07, 6.45) is 0.877. The zero-order valence-electron chi connectivity index (χ0n) is 23.6. The van der Waals surface area contributed by atoms with E-state index in [1.54, 1.807) is 38.4 Å². The minimum absolute atomic E-state index is 0. The van der Waals surface area contributed by atoms with E-state index < -0.39 is 39.6 Å². The zero-order valence-corrected chi connectivity index (χ0v) is 25.2. The van der Waals surface area contributed by atoms with Crippen LogP contribution in [0.3, 0.4) is 0 Å². The maximum absolute atomic E-state index is 13.3. The first-order chi connectivity index (χ1) is 19.4. The molecule has 0 aliphatic carbocycles. The Hall–Kier alpha value is -4.17. The zero-order chi connectivity index (χ0) is 30.2. The van der Waals surface area contributed by atoms with Gasteiger partial charge in [0.15, 0.2) is 15.7 Å². The highest BCUT2D eigenvalue weighted by molar-refractivity contribution is 7.91. The van der Waals surface area contributed by atoms with Crippen LogP contribution in [0.1, 0.15) is 19.4 Å². The van der Waals surface area contributed by atoms with E-state index >= 15 is 0 Å². The Balaban J connectivity index is 0.00000616. The molecule has 0 radical (unpaired) electrons. The van der Waals surface area contributed by atoms with E-state index in [9.17, 15) is 27.5 Å². The summed E-state index contributed by atoms with van der Waals surface area (Å²) in [6, 6.07) is 9.70. The molecule has 0 fully saturated rings. The van der Waals surface area contributed by atoms with Gasteiger partial charge in [0.05, 0.1) is 16.8 Å². The minimum Gasteiger partial charge on any atom is -0.480 e. The second-order valence-electron chi connectivity index (χ2n) is 9.14. The van der Waals surface area contributed by atoms with Gasteiger partial charge in [-0.05, 0) is 55.8 Å². The van der Waals surface area contributed by atoms with Crippen LogP contribution in [0.4, 0.5) is 26.6 Å². The van der Waals surface area contributed by atoms with Gasteiger partial charge in [0.25, 0.3) is 0 Å². The lowest BCUT2D eigenvalue weighted by molar-refractivity contribution is -0.137. The topological polar surface area (TPSA) is 154 Å². The molecule has 2 aromatic carbocycles. The molecule has 1 heterocycles. The van der Waals surface area contributed by atoms with Crippen LogP contribution in [0.2, 0.25) is 0 Å². The Labute approximate surface area is 250 Å². The molecule has 0 aliphatic heterocycles. The maximum Gasteiger partial charge on any atom is 0.414 e. The van der Waals surface area contributed by atoms with Crippen LogP contribution in [0.25, 0.3) is 0 Å². The van der Waals surface area contributed by atoms with Crippen LogP contribution in [0, 0.1) is 5.82 Å². The molecular formula is C27H34ClFN6O6S. The summed E-state index contributed by atoms with van der Waals surface area (Å²) in [5.74, 6) is -1.55. The fourth-order valence-corrected chi connectivity index (χ4v) is 4.72. The van der Waals surface area contributed by atoms with E-state index in [2.05, 4.69) is 20.6 Å². The SMILES string of the molecule is CCN(CC)c1ncc(NCS(=O)(=O)c2ccc(F)cc2)c(NC(Cc2ccc(OC(=O)N(C)C)cc2)C(=O)O)n1.Cl. The lowest BCUT2D eigenvalue weighted by atomic mass is 10.1. The summed E-state index contributed by atoms with van der Waals surface area (Å²) in [7, 11) is -0.755. The standard InChI is InChI=1S/C27H33FN6O6S.ClH/c1-5-34(6-2)26-29-16-23(30-17-41(38,39)21-13-9-19(28)10-14-21)24(32-26)31-22(25(35)36)15-18-7-11-20(12-8-18)40-27(37)33(3)4;/h7-14,16,22,30H,5-6,15,17H2,1-4H3,(H,35,36)(H,29,31,32);1H. The van der Waals surface area contributed by atoms with Crippen molar-refractivity contribution in [1.82, 2.24) is 14.9 Å². The van der Waals surface area contributed by atoms with Crippen LogP contribution in [0.15, 0.2) is 59.6 Å². The number of halogens is 2. The molecule has 3 N–H and O–H groups in total. The molecule has 42 heavy (non-hydrogen) atoms. The van der Waals surface area contributed by atoms with Crippen LogP contribution in [-0.4, -0.2) is 79.6 Å². The van der Waals surface area contributed by atoms with E-state index in [1.165, 1.54) is 23.2 Å². The molecule has 15 heteroatoms. The number of carbonyl (C=O) groups is 2. The number of aromatic nitrogens is 2. The fraction of sp³-hybridized carbons (Fsp3) is 0.333. The van der Waals surface area contributed by atoms with E-state index in [1.807, 2.05) is 18.7 Å². The van der Waals surface area contributed by atoms with Gasteiger partial charge in [-0.15, -0.1) is 12.4 Å². The van der Waals surface area contributed by atoms with Crippen LogP contribution >= 0.6 is 12.4 Å². The highest BCUT2D eigenvalue weighted by Gasteiger charge is 2.23. The number of anilines is 3. The van der Waals surface area contributed by atoms with Gasteiger partial charge in [-0.25, -0.2) is 27.4 Å². The van der Waals surface area contributed by atoms with Gasteiger partial charge in [-0.3, -0.25) is 0 Å². The molecule has 0 saturated heterocycles. The molecule has 1 amide bonds. The van der Waals surface area contributed by atoms with Crippen molar-refractivity contribution < 1.29 is 32.2 Å². The number of hydrogen-bond acceptors (Lipinski definition) is 10. The second kappa shape index (κ2) is 15.2. The van der Waals surface area contributed by atoms with Crippen molar-refractivity contribution in [2.24, 2.45) is 0 Å². The van der Waals surface area contributed by atoms with Crippen molar-refractivity contribution in [2.45, 2.75) is 31.2 Å². The van der Waals surface area contributed by atoms with Crippen molar-refractivity contribution in [1.29, 1.82) is 0 Å². The number of amides is 1. The van der Waals surface area contributed by atoms with Gasteiger partial charge in [0.1, 0.15) is 23.5 Å². The van der Waals surface area contributed by atoms with Gasteiger partial charge in [0, 0.05) is 33.6 Å².